The third-order valence-corrected chi connectivity index (χ3v) is 3.15. The van der Waals surface area contributed by atoms with Crippen LogP contribution in [0.25, 0.3) is 0 Å². The van der Waals surface area contributed by atoms with E-state index in [1.165, 1.54) is 0 Å². The van der Waals surface area contributed by atoms with Crippen molar-refractivity contribution in [2.75, 3.05) is 5.32 Å². The van der Waals surface area contributed by atoms with Crippen LogP contribution in [0.3, 0.4) is 0 Å². The summed E-state index contributed by atoms with van der Waals surface area (Å²) in [6.07, 6.45) is 0. The fraction of sp³-hybridized carbons (Fsp3) is 0.385. The Morgan fingerprint density at radius 3 is 2.45 bits per heavy atom. The van der Waals surface area contributed by atoms with Crippen LogP contribution in [0, 0.1) is 27.7 Å². The number of carbonyl (C=O) groups is 1. The monoisotopic (exact) mass is 276 g/mol. The summed E-state index contributed by atoms with van der Waals surface area (Å²) in [7, 11) is 0. The van der Waals surface area contributed by atoms with Gasteiger partial charge in [-0.25, -0.2) is 9.78 Å². The Kier molecular flexibility index (Phi) is 3.69. The van der Waals surface area contributed by atoms with Gasteiger partial charge in [-0.1, -0.05) is 0 Å². The molecule has 0 aliphatic carbocycles. The molecule has 0 radical (unpaired) electrons. The van der Waals surface area contributed by atoms with Crippen molar-refractivity contribution in [1.29, 1.82) is 0 Å². The maximum atomic E-state index is 11.3. The minimum Gasteiger partial charge on any atom is -0.478 e. The highest BCUT2D eigenvalue weighted by atomic mass is 16.4. The third-order valence-electron chi connectivity index (χ3n) is 3.15. The van der Waals surface area contributed by atoms with Gasteiger partial charge in [0.2, 0.25) is 5.89 Å². The van der Waals surface area contributed by atoms with Gasteiger partial charge in [0.25, 0.3) is 0 Å². The van der Waals surface area contributed by atoms with Gasteiger partial charge in [0, 0.05) is 0 Å². The van der Waals surface area contributed by atoms with Gasteiger partial charge in [-0.3, -0.25) is 0 Å². The first-order valence-electron chi connectivity index (χ1n) is 6.14. The molecule has 106 valence electrons. The van der Waals surface area contributed by atoms with Crippen molar-refractivity contribution in [3.63, 3.8) is 0 Å². The fourth-order valence-electron chi connectivity index (χ4n) is 1.77. The number of rotatable bonds is 4. The van der Waals surface area contributed by atoms with Crippen LogP contribution in [-0.4, -0.2) is 26.3 Å². The minimum atomic E-state index is -1.04. The molecule has 0 fully saturated rings. The number of oxazole rings is 1. The van der Waals surface area contributed by atoms with Crippen molar-refractivity contribution in [2.45, 2.75) is 34.2 Å². The van der Waals surface area contributed by atoms with E-state index in [0.29, 0.717) is 17.1 Å². The summed E-state index contributed by atoms with van der Waals surface area (Å²) >= 11 is 0. The lowest BCUT2D eigenvalue weighted by molar-refractivity contribution is 0.0696. The van der Waals surface area contributed by atoms with Gasteiger partial charge in [-0.15, -0.1) is 5.10 Å². The zero-order valence-corrected chi connectivity index (χ0v) is 11.8. The summed E-state index contributed by atoms with van der Waals surface area (Å²) in [5, 5.41) is 20.0. The number of aryl methyl sites for hydroxylation is 3. The molecule has 0 unspecified atom stereocenters. The SMILES string of the molecule is Cc1nc(CNc2nnc(C)c(C)c2C(=O)O)oc1C. The highest BCUT2D eigenvalue weighted by Crippen LogP contribution is 2.19. The second kappa shape index (κ2) is 5.28. The Labute approximate surface area is 116 Å². The Balaban J connectivity index is 2.25. The summed E-state index contributed by atoms with van der Waals surface area (Å²) < 4.78 is 5.42. The van der Waals surface area contributed by atoms with Gasteiger partial charge < -0.3 is 14.8 Å². The van der Waals surface area contributed by atoms with E-state index in [4.69, 9.17) is 4.42 Å². The van der Waals surface area contributed by atoms with Crippen LogP contribution >= 0.6 is 0 Å². The molecule has 2 heterocycles. The van der Waals surface area contributed by atoms with Crippen LogP contribution in [0.15, 0.2) is 4.42 Å². The Morgan fingerprint density at radius 1 is 1.20 bits per heavy atom. The van der Waals surface area contributed by atoms with E-state index in [2.05, 4.69) is 20.5 Å². The maximum absolute atomic E-state index is 11.3. The lowest BCUT2D eigenvalue weighted by atomic mass is 10.1. The topological polar surface area (TPSA) is 101 Å². The summed E-state index contributed by atoms with van der Waals surface area (Å²) in [5.74, 6) is 0.402. The zero-order valence-electron chi connectivity index (χ0n) is 11.8. The quantitative estimate of drug-likeness (QED) is 0.880. The van der Waals surface area contributed by atoms with E-state index in [1.807, 2.05) is 13.8 Å². The molecular weight excluding hydrogens is 260 g/mol. The molecule has 2 N–H and O–H groups in total. The van der Waals surface area contributed by atoms with Gasteiger partial charge in [0.05, 0.1) is 17.9 Å². The minimum absolute atomic E-state index is 0.123. The second-order valence-corrected chi connectivity index (χ2v) is 4.54. The van der Waals surface area contributed by atoms with Crippen LogP contribution in [0.5, 0.6) is 0 Å². The van der Waals surface area contributed by atoms with Crippen molar-refractivity contribution >= 4 is 11.8 Å². The molecule has 0 aliphatic heterocycles. The molecule has 2 aromatic rings. The maximum Gasteiger partial charge on any atom is 0.339 e. The normalized spacial score (nSPS) is 10.6. The van der Waals surface area contributed by atoms with Gasteiger partial charge in [0.15, 0.2) is 5.82 Å². The smallest absolute Gasteiger partial charge is 0.339 e. The highest BCUT2D eigenvalue weighted by Gasteiger charge is 2.18. The molecule has 0 spiro atoms. The van der Waals surface area contributed by atoms with Crippen molar-refractivity contribution in [1.82, 2.24) is 15.2 Å². The van der Waals surface area contributed by atoms with E-state index in [-0.39, 0.29) is 17.9 Å². The van der Waals surface area contributed by atoms with Crippen molar-refractivity contribution < 1.29 is 14.3 Å². The molecule has 2 aromatic heterocycles. The van der Waals surface area contributed by atoms with Gasteiger partial charge >= 0.3 is 5.97 Å². The van der Waals surface area contributed by atoms with Crippen LogP contribution in [-0.2, 0) is 6.54 Å². The van der Waals surface area contributed by atoms with Crippen molar-refractivity contribution in [3.05, 3.63) is 34.2 Å². The predicted molar refractivity (Wildman–Crippen MR) is 71.8 cm³/mol. The molecule has 7 heteroatoms. The Hall–Kier alpha value is -2.44. The summed E-state index contributed by atoms with van der Waals surface area (Å²) in [4.78, 5) is 15.5. The molecule has 0 aromatic carbocycles. The molecule has 0 bridgehead atoms. The van der Waals surface area contributed by atoms with E-state index in [1.54, 1.807) is 13.8 Å². The molecular formula is C13H16N4O3. The van der Waals surface area contributed by atoms with Crippen LogP contribution < -0.4 is 5.32 Å². The summed E-state index contributed by atoms with van der Waals surface area (Å²) in [5.41, 5.74) is 2.12. The number of nitrogens with zero attached hydrogens (tertiary/aromatic N) is 3. The largest absolute Gasteiger partial charge is 0.478 e. The number of carboxylic acid groups (broad SMARTS) is 1. The van der Waals surface area contributed by atoms with Gasteiger partial charge in [-0.05, 0) is 33.3 Å². The average Bonchev–Trinajstić information content (AvgIpc) is 2.69. The van der Waals surface area contributed by atoms with Crippen LogP contribution in [0.1, 0.15) is 39.0 Å². The van der Waals surface area contributed by atoms with Gasteiger partial charge in [-0.2, -0.15) is 5.10 Å². The summed E-state index contributed by atoms with van der Waals surface area (Å²) in [6, 6.07) is 0. The molecule has 20 heavy (non-hydrogen) atoms. The van der Waals surface area contributed by atoms with E-state index >= 15 is 0 Å². The standard InChI is InChI=1S/C13H16N4O3/c1-6-7(2)16-17-12(11(6)13(18)19)14-5-10-15-8(3)9(4)20-10/h5H2,1-4H3,(H,14,17)(H,18,19). The number of aromatic carboxylic acids is 1. The van der Waals surface area contributed by atoms with E-state index in [9.17, 15) is 9.90 Å². The molecule has 0 atom stereocenters. The Bertz CT molecular complexity index is 644. The number of hydrogen-bond donors (Lipinski definition) is 2. The third kappa shape index (κ3) is 2.61. The number of carboxylic acids is 1. The molecule has 0 saturated heterocycles. The number of aromatic nitrogens is 3. The first-order chi connectivity index (χ1) is 9.40. The molecule has 7 nitrogen and oxygen atoms in total. The molecule has 0 aliphatic rings. The van der Waals surface area contributed by atoms with Crippen LogP contribution in [0.2, 0.25) is 0 Å². The number of nitrogens with one attached hydrogen (secondary N) is 1. The predicted octanol–water partition coefficient (Wildman–Crippen LogP) is 2.01. The van der Waals surface area contributed by atoms with Crippen molar-refractivity contribution in [3.8, 4) is 0 Å². The average molecular weight is 276 g/mol. The van der Waals surface area contributed by atoms with E-state index in [0.717, 1.165) is 11.5 Å². The lowest BCUT2D eigenvalue weighted by Gasteiger charge is -2.09. The first kappa shape index (κ1) is 14.0. The second-order valence-electron chi connectivity index (χ2n) is 4.54. The number of hydrogen-bond acceptors (Lipinski definition) is 6. The highest BCUT2D eigenvalue weighted by molar-refractivity contribution is 5.94. The summed E-state index contributed by atoms with van der Waals surface area (Å²) in [6.45, 7) is 7.36. The fourth-order valence-corrected chi connectivity index (χ4v) is 1.77. The first-order valence-corrected chi connectivity index (χ1v) is 6.14. The van der Waals surface area contributed by atoms with Crippen molar-refractivity contribution in [2.24, 2.45) is 0 Å². The molecule has 0 saturated carbocycles. The zero-order chi connectivity index (χ0) is 14.9. The number of anilines is 1. The van der Waals surface area contributed by atoms with E-state index < -0.39 is 5.97 Å². The van der Waals surface area contributed by atoms with Crippen LogP contribution in [0.4, 0.5) is 5.82 Å². The molecule has 0 amide bonds. The van der Waals surface area contributed by atoms with Gasteiger partial charge in [0.1, 0.15) is 11.3 Å². The molecule has 2 rings (SSSR count). The Morgan fingerprint density at radius 2 is 1.90 bits per heavy atom. The lowest BCUT2D eigenvalue weighted by Crippen LogP contribution is -2.13.